The van der Waals surface area contributed by atoms with Gasteiger partial charge in [0.25, 0.3) is 0 Å². The minimum Gasteiger partial charge on any atom is -0.456 e. The summed E-state index contributed by atoms with van der Waals surface area (Å²) in [5.41, 5.74) is 9.76. The van der Waals surface area contributed by atoms with Gasteiger partial charge in [0.15, 0.2) is 5.82 Å². The van der Waals surface area contributed by atoms with Crippen LogP contribution in [0.1, 0.15) is 0 Å². The molecule has 0 N–H and O–H groups in total. The SMILES string of the molecule is c1ccc2c(c1)oc1c(-c3cc(-c4ccc5oc6cc7cncnc7cc6c5c4)nc(-c4cccc5c4oc4ccccc45)n3)cccc12. The number of para-hydroxylation sites is 4. The number of hydrogen-bond donors (Lipinski definition) is 0. The monoisotopic (exact) mass is 630 g/mol. The molecule has 5 heterocycles. The molecular weight excluding hydrogens is 608 g/mol. The van der Waals surface area contributed by atoms with Crippen molar-refractivity contribution in [3.05, 3.63) is 134 Å². The highest BCUT2D eigenvalue weighted by molar-refractivity contribution is 6.12. The van der Waals surface area contributed by atoms with Crippen LogP contribution >= 0.6 is 0 Å². The highest BCUT2D eigenvalue weighted by Gasteiger charge is 2.20. The Hall–Kier alpha value is -6.86. The quantitative estimate of drug-likeness (QED) is 0.192. The molecule has 0 fully saturated rings. The Bertz CT molecular complexity index is 3000. The number of nitrogens with zero attached hydrogens (tertiary/aromatic N) is 4. The molecule has 0 aliphatic carbocycles. The minimum atomic E-state index is 0.560. The molecule has 11 aromatic rings. The standard InChI is InChI=1S/C42H22N4O3/c1-3-13-36-25(7-1)27-9-5-11-29(40(27)48-36)35-20-34(45-42(46-35)30-12-6-10-28-26-8-2-4-14-37(26)49-41(28)30)23-15-16-38-31(17-23)32-19-33-24(18-39(32)47-38)21-43-22-44-33/h1-22H. The second-order valence-electron chi connectivity index (χ2n) is 12.3. The van der Waals surface area contributed by atoms with Gasteiger partial charge in [0, 0.05) is 55.0 Å². The van der Waals surface area contributed by atoms with Gasteiger partial charge in [0.2, 0.25) is 0 Å². The minimum absolute atomic E-state index is 0.560. The number of hydrogen-bond acceptors (Lipinski definition) is 7. The maximum absolute atomic E-state index is 6.47. The van der Waals surface area contributed by atoms with Gasteiger partial charge in [-0.05, 0) is 60.7 Å². The van der Waals surface area contributed by atoms with Crippen molar-refractivity contribution < 1.29 is 13.3 Å². The van der Waals surface area contributed by atoms with Crippen molar-refractivity contribution in [1.29, 1.82) is 0 Å². The number of fused-ring (bicyclic) bond motifs is 10. The first kappa shape index (κ1) is 26.2. The van der Waals surface area contributed by atoms with Gasteiger partial charge in [0.05, 0.1) is 22.5 Å². The van der Waals surface area contributed by atoms with Gasteiger partial charge in [-0.1, -0.05) is 60.7 Å². The fraction of sp³-hybridized carbons (Fsp3) is 0. The van der Waals surface area contributed by atoms with E-state index in [0.717, 1.165) is 105 Å². The molecule has 6 aromatic carbocycles. The third-order valence-corrected chi connectivity index (χ3v) is 9.44. The van der Waals surface area contributed by atoms with E-state index in [4.69, 9.17) is 23.2 Å². The Balaban J connectivity index is 1.18. The Morgan fingerprint density at radius 3 is 1.90 bits per heavy atom. The molecule has 5 aromatic heterocycles. The summed E-state index contributed by atoms with van der Waals surface area (Å²) in [5.74, 6) is 0.560. The van der Waals surface area contributed by atoms with Gasteiger partial charge in [-0.3, -0.25) is 0 Å². The third-order valence-electron chi connectivity index (χ3n) is 9.44. The predicted octanol–water partition coefficient (Wildman–Crippen LogP) is 11.1. The molecule has 0 bridgehead atoms. The van der Waals surface area contributed by atoms with E-state index < -0.39 is 0 Å². The summed E-state index contributed by atoms with van der Waals surface area (Å²) in [6, 6.07) is 40.8. The van der Waals surface area contributed by atoms with E-state index in [1.165, 1.54) is 0 Å². The molecule has 0 aliphatic heterocycles. The summed E-state index contributed by atoms with van der Waals surface area (Å²) in [5, 5.41) is 7.07. The molecule has 0 radical (unpaired) electrons. The number of benzene rings is 6. The van der Waals surface area contributed by atoms with E-state index in [0.29, 0.717) is 5.82 Å². The first-order chi connectivity index (χ1) is 24.2. The molecule has 0 saturated heterocycles. The zero-order valence-electron chi connectivity index (χ0n) is 25.7. The summed E-state index contributed by atoms with van der Waals surface area (Å²) in [6.07, 6.45) is 3.37. The van der Waals surface area contributed by atoms with Crippen LogP contribution in [-0.2, 0) is 0 Å². The summed E-state index contributed by atoms with van der Waals surface area (Å²) < 4.78 is 19.2. The van der Waals surface area contributed by atoms with Gasteiger partial charge in [-0.15, -0.1) is 0 Å². The second-order valence-corrected chi connectivity index (χ2v) is 12.3. The van der Waals surface area contributed by atoms with Gasteiger partial charge in [-0.25, -0.2) is 19.9 Å². The second kappa shape index (κ2) is 9.82. The Morgan fingerprint density at radius 2 is 1.10 bits per heavy atom. The predicted molar refractivity (Wildman–Crippen MR) is 193 cm³/mol. The van der Waals surface area contributed by atoms with Gasteiger partial charge in [0.1, 0.15) is 39.8 Å². The molecule has 11 rings (SSSR count). The topological polar surface area (TPSA) is 91.0 Å². The van der Waals surface area contributed by atoms with Crippen LogP contribution in [-0.4, -0.2) is 19.9 Å². The van der Waals surface area contributed by atoms with Crippen LogP contribution in [0.5, 0.6) is 0 Å². The molecule has 0 atom stereocenters. The summed E-state index contributed by atoms with van der Waals surface area (Å²) in [7, 11) is 0. The lowest BCUT2D eigenvalue weighted by atomic mass is 10.0. The van der Waals surface area contributed by atoms with E-state index in [2.05, 4.69) is 58.5 Å². The molecular formula is C42H22N4O3. The number of aromatic nitrogens is 4. The first-order valence-electron chi connectivity index (χ1n) is 16.0. The zero-order valence-corrected chi connectivity index (χ0v) is 25.7. The van der Waals surface area contributed by atoms with Crippen LogP contribution in [0.15, 0.2) is 147 Å². The summed E-state index contributed by atoms with van der Waals surface area (Å²) in [4.78, 5) is 19.1. The van der Waals surface area contributed by atoms with Crippen LogP contribution in [0.3, 0.4) is 0 Å². The van der Waals surface area contributed by atoms with E-state index in [9.17, 15) is 0 Å². The molecule has 7 heteroatoms. The van der Waals surface area contributed by atoms with Crippen LogP contribution < -0.4 is 0 Å². The molecule has 0 unspecified atom stereocenters. The van der Waals surface area contributed by atoms with Crippen molar-refractivity contribution in [1.82, 2.24) is 19.9 Å². The van der Waals surface area contributed by atoms with Crippen molar-refractivity contribution in [2.24, 2.45) is 0 Å². The van der Waals surface area contributed by atoms with Crippen molar-refractivity contribution in [2.75, 3.05) is 0 Å². The number of furan rings is 3. The summed E-state index contributed by atoms with van der Waals surface area (Å²) >= 11 is 0. The van der Waals surface area contributed by atoms with Crippen molar-refractivity contribution in [3.8, 4) is 33.9 Å². The summed E-state index contributed by atoms with van der Waals surface area (Å²) in [6.45, 7) is 0. The number of rotatable bonds is 3. The fourth-order valence-electron chi connectivity index (χ4n) is 7.14. The molecule has 49 heavy (non-hydrogen) atoms. The Labute approximate surface area is 277 Å². The van der Waals surface area contributed by atoms with Crippen molar-refractivity contribution in [2.45, 2.75) is 0 Å². The van der Waals surface area contributed by atoms with Crippen molar-refractivity contribution >= 4 is 76.7 Å². The van der Waals surface area contributed by atoms with Gasteiger partial charge < -0.3 is 13.3 Å². The molecule has 0 saturated carbocycles. The average Bonchev–Trinajstić information content (AvgIpc) is 3.84. The maximum Gasteiger partial charge on any atom is 0.164 e. The first-order valence-corrected chi connectivity index (χ1v) is 16.0. The van der Waals surface area contributed by atoms with E-state index in [-0.39, 0.29) is 0 Å². The van der Waals surface area contributed by atoms with E-state index >= 15 is 0 Å². The molecule has 228 valence electrons. The third kappa shape index (κ3) is 3.90. The highest BCUT2D eigenvalue weighted by atomic mass is 16.3. The molecule has 0 spiro atoms. The lowest BCUT2D eigenvalue weighted by Crippen LogP contribution is -1.96. The molecule has 0 amide bonds. The van der Waals surface area contributed by atoms with E-state index in [1.807, 2.05) is 72.8 Å². The smallest absolute Gasteiger partial charge is 0.164 e. The average molecular weight is 631 g/mol. The van der Waals surface area contributed by atoms with Crippen LogP contribution in [0.25, 0.3) is 111 Å². The molecule has 7 nitrogen and oxygen atoms in total. The van der Waals surface area contributed by atoms with Crippen LogP contribution in [0.2, 0.25) is 0 Å². The lowest BCUT2D eigenvalue weighted by Gasteiger charge is -2.10. The zero-order chi connectivity index (χ0) is 32.1. The maximum atomic E-state index is 6.47. The lowest BCUT2D eigenvalue weighted by molar-refractivity contribution is 0.669. The van der Waals surface area contributed by atoms with Crippen LogP contribution in [0, 0.1) is 0 Å². The largest absolute Gasteiger partial charge is 0.456 e. The Kier molecular flexibility index (Phi) is 5.26. The Morgan fingerprint density at radius 1 is 0.449 bits per heavy atom. The van der Waals surface area contributed by atoms with Crippen LogP contribution in [0.4, 0.5) is 0 Å². The van der Waals surface area contributed by atoms with Gasteiger partial charge in [-0.2, -0.15) is 0 Å². The van der Waals surface area contributed by atoms with Crippen molar-refractivity contribution in [3.63, 3.8) is 0 Å². The molecule has 0 aliphatic rings. The highest BCUT2D eigenvalue weighted by Crippen LogP contribution is 2.40. The normalized spacial score (nSPS) is 12.1. The van der Waals surface area contributed by atoms with Gasteiger partial charge >= 0.3 is 0 Å². The fourth-order valence-corrected chi connectivity index (χ4v) is 7.14. The van der Waals surface area contributed by atoms with E-state index in [1.54, 1.807) is 12.5 Å².